The van der Waals surface area contributed by atoms with Gasteiger partial charge in [0.15, 0.2) is 0 Å². The fourth-order valence-corrected chi connectivity index (χ4v) is 1.15. The first kappa shape index (κ1) is 7.67. The van der Waals surface area contributed by atoms with Gasteiger partial charge < -0.3 is 0 Å². The van der Waals surface area contributed by atoms with E-state index >= 15 is 0 Å². The van der Waals surface area contributed by atoms with Gasteiger partial charge in [0.25, 0.3) is 0 Å². The third-order valence-corrected chi connectivity index (χ3v) is 1.83. The number of hydrogen-bond acceptors (Lipinski definition) is 1. The molecule has 0 saturated carbocycles. The molecule has 10 heavy (non-hydrogen) atoms. The van der Waals surface area contributed by atoms with Gasteiger partial charge in [0.05, 0.1) is 0 Å². The van der Waals surface area contributed by atoms with Gasteiger partial charge in [-0.05, 0) is 18.2 Å². The van der Waals surface area contributed by atoms with E-state index in [-0.39, 0.29) is 0 Å². The highest BCUT2D eigenvalue weighted by molar-refractivity contribution is 8.00. The quantitative estimate of drug-likeness (QED) is 0.640. The molecule has 1 radical (unpaired) electrons. The molecule has 0 N–H and O–H groups in total. The molecule has 0 spiro atoms. The minimum atomic E-state index is 1.07. The molecule has 1 aromatic carbocycles. The van der Waals surface area contributed by atoms with Crippen LogP contribution in [0.2, 0.25) is 0 Å². The summed E-state index contributed by atoms with van der Waals surface area (Å²) in [4.78, 5) is 0. The summed E-state index contributed by atoms with van der Waals surface area (Å²) in [6.07, 6.45) is 3.16. The van der Waals surface area contributed by atoms with Gasteiger partial charge in [-0.2, -0.15) is 11.8 Å². The highest BCUT2D eigenvalue weighted by Crippen LogP contribution is 2.07. The van der Waals surface area contributed by atoms with Gasteiger partial charge in [-0.1, -0.05) is 30.3 Å². The molecule has 0 nitrogen and oxygen atoms in total. The number of benzene rings is 1. The molecule has 1 rings (SSSR count). The fourth-order valence-electron chi connectivity index (χ4n) is 0.794. The lowest BCUT2D eigenvalue weighted by molar-refractivity contribution is 1.25. The van der Waals surface area contributed by atoms with Crippen LogP contribution < -0.4 is 0 Å². The van der Waals surface area contributed by atoms with E-state index in [2.05, 4.69) is 36.3 Å². The minimum Gasteiger partial charge on any atom is -0.160 e. The standard InChI is InChI=1S/C9H11S/c1-10-8-7-9-5-3-2-4-6-9/h2-6,8H,7H2,1H3. The Labute approximate surface area is 66.6 Å². The Morgan fingerprint density at radius 2 is 2.00 bits per heavy atom. The maximum absolute atomic E-state index is 2.20. The fraction of sp³-hybridized carbons (Fsp3) is 0.222. The van der Waals surface area contributed by atoms with E-state index in [1.807, 2.05) is 6.07 Å². The Morgan fingerprint density at radius 1 is 1.30 bits per heavy atom. The average molecular weight is 151 g/mol. The molecule has 1 aromatic rings. The van der Waals surface area contributed by atoms with Crippen LogP contribution >= 0.6 is 11.8 Å². The third kappa shape index (κ3) is 2.44. The summed E-state index contributed by atoms with van der Waals surface area (Å²) >= 11 is 1.77. The zero-order valence-electron chi connectivity index (χ0n) is 6.08. The lowest BCUT2D eigenvalue weighted by atomic mass is 10.2. The van der Waals surface area contributed by atoms with Gasteiger partial charge in [-0.3, -0.25) is 0 Å². The van der Waals surface area contributed by atoms with Crippen LogP contribution in [-0.4, -0.2) is 6.26 Å². The van der Waals surface area contributed by atoms with Crippen LogP contribution in [0.5, 0.6) is 0 Å². The lowest BCUT2D eigenvalue weighted by Crippen LogP contribution is -1.80. The first-order valence-corrected chi connectivity index (χ1v) is 4.60. The van der Waals surface area contributed by atoms with Crippen molar-refractivity contribution in [3.63, 3.8) is 0 Å². The molecule has 0 aromatic heterocycles. The van der Waals surface area contributed by atoms with E-state index in [9.17, 15) is 0 Å². The van der Waals surface area contributed by atoms with Crippen molar-refractivity contribution in [2.45, 2.75) is 6.42 Å². The largest absolute Gasteiger partial charge is 0.160 e. The van der Waals surface area contributed by atoms with E-state index < -0.39 is 0 Å². The predicted molar refractivity (Wildman–Crippen MR) is 48.0 cm³/mol. The molecule has 0 aliphatic rings. The molecular formula is C9H11S. The second-order valence-electron chi connectivity index (χ2n) is 2.09. The van der Waals surface area contributed by atoms with E-state index in [0.29, 0.717) is 0 Å². The predicted octanol–water partition coefficient (Wildman–Crippen LogP) is 2.75. The van der Waals surface area contributed by atoms with Gasteiger partial charge in [-0.25, -0.2) is 0 Å². The summed E-state index contributed by atoms with van der Waals surface area (Å²) in [5.41, 5.74) is 1.39. The Morgan fingerprint density at radius 3 is 2.60 bits per heavy atom. The van der Waals surface area contributed by atoms with Gasteiger partial charge in [0, 0.05) is 5.75 Å². The molecule has 0 saturated heterocycles. The highest BCUT2D eigenvalue weighted by atomic mass is 32.2. The Kier molecular flexibility index (Phi) is 3.37. The first-order chi connectivity index (χ1) is 4.93. The maximum Gasteiger partial charge on any atom is 0.0207 e. The van der Waals surface area contributed by atoms with Crippen LogP contribution in [-0.2, 0) is 6.42 Å². The highest BCUT2D eigenvalue weighted by Gasteiger charge is 1.88. The van der Waals surface area contributed by atoms with E-state index in [4.69, 9.17) is 0 Å². The summed E-state index contributed by atoms with van der Waals surface area (Å²) in [7, 11) is 0. The Bertz CT molecular complexity index is 169. The van der Waals surface area contributed by atoms with E-state index in [1.165, 1.54) is 5.56 Å². The normalized spacial score (nSPS) is 9.70. The molecule has 0 unspecified atom stereocenters. The van der Waals surface area contributed by atoms with Crippen molar-refractivity contribution >= 4 is 11.8 Å². The Balaban J connectivity index is 2.43. The molecular weight excluding hydrogens is 140 g/mol. The maximum atomic E-state index is 2.20. The summed E-state index contributed by atoms with van der Waals surface area (Å²) in [5, 5.41) is 0. The molecule has 0 fully saturated rings. The van der Waals surface area contributed by atoms with Crippen molar-refractivity contribution in [1.29, 1.82) is 0 Å². The average Bonchev–Trinajstić information content (AvgIpc) is 2.03. The van der Waals surface area contributed by atoms with E-state index in [0.717, 1.165) is 6.42 Å². The molecule has 0 heterocycles. The summed E-state index contributed by atoms with van der Waals surface area (Å²) in [6, 6.07) is 10.5. The first-order valence-electron chi connectivity index (χ1n) is 3.32. The monoisotopic (exact) mass is 151 g/mol. The number of rotatable bonds is 3. The molecule has 0 amide bonds. The number of thioether (sulfide) groups is 1. The second kappa shape index (κ2) is 4.40. The van der Waals surface area contributed by atoms with Gasteiger partial charge >= 0.3 is 0 Å². The zero-order chi connectivity index (χ0) is 7.23. The van der Waals surface area contributed by atoms with Crippen molar-refractivity contribution in [2.75, 3.05) is 6.26 Å². The summed E-state index contributed by atoms with van der Waals surface area (Å²) in [5.74, 6) is 2.20. The number of hydrogen-bond donors (Lipinski definition) is 0. The molecule has 0 atom stereocenters. The third-order valence-electron chi connectivity index (χ3n) is 1.33. The lowest BCUT2D eigenvalue weighted by Gasteiger charge is -1.95. The molecule has 0 aliphatic heterocycles. The molecule has 0 bridgehead atoms. The topological polar surface area (TPSA) is 0 Å². The minimum absolute atomic E-state index is 1.07. The van der Waals surface area contributed by atoms with Crippen molar-refractivity contribution in [3.8, 4) is 0 Å². The summed E-state index contributed by atoms with van der Waals surface area (Å²) in [6.45, 7) is 0. The molecule has 0 aliphatic carbocycles. The van der Waals surface area contributed by atoms with Crippen LogP contribution in [0.15, 0.2) is 30.3 Å². The van der Waals surface area contributed by atoms with Crippen molar-refractivity contribution < 1.29 is 0 Å². The second-order valence-corrected chi connectivity index (χ2v) is 2.90. The van der Waals surface area contributed by atoms with Gasteiger partial charge in [0.2, 0.25) is 0 Å². The molecule has 1 heteroatoms. The van der Waals surface area contributed by atoms with Gasteiger partial charge in [-0.15, -0.1) is 0 Å². The van der Waals surface area contributed by atoms with Crippen LogP contribution in [0.3, 0.4) is 0 Å². The van der Waals surface area contributed by atoms with Crippen LogP contribution in [0.1, 0.15) is 5.56 Å². The van der Waals surface area contributed by atoms with E-state index in [1.54, 1.807) is 11.8 Å². The van der Waals surface area contributed by atoms with Gasteiger partial charge in [0.1, 0.15) is 0 Å². The summed E-state index contributed by atoms with van der Waals surface area (Å²) < 4.78 is 0. The van der Waals surface area contributed by atoms with Crippen LogP contribution in [0, 0.1) is 5.75 Å². The van der Waals surface area contributed by atoms with Crippen molar-refractivity contribution in [3.05, 3.63) is 41.6 Å². The smallest absolute Gasteiger partial charge is 0.0207 e. The Hall–Kier alpha value is -0.430. The van der Waals surface area contributed by atoms with Crippen molar-refractivity contribution in [1.82, 2.24) is 0 Å². The molecule has 53 valence electrons. The SMILES string of the molecule is CS[CH]Cc1ccccc1. The van der Waals surface area contributed by atoms with Crippen molar-refractivity contribution in [2.24, 2.45) is 0 Å². The zero-order valence-corrected chi connectivity index (χ0v) is 6.90. The van der Waals surface area contributed by atoms with Crippen LogP contribution in [0.25, 0.3) is 0 Å². The van der Waals surface area contributed by atoms with Crippen LogP contribution in [0.4, 0.5) is 0 Å².